The van der Waals surface area contributed by atoms with E-state index in [1.165, 1.54) is 24.4 Å². The van der Waals surface area contributed by atoms with Crippen LogP contribution in [-0.2, 0) is 9.59 Å². The van der Waals surface area contributed by atoms with Crippen LogP contribution in [-0.4, -0.2) is 46.3 Å². The lowest BCUT2D eigenvalue weighted by molar-refractivity contribution is -0.137. The number of carbonyl (C=O) groups is 3. The van der Waals surface area contributed by atoms with Crippen LogP contribution in [0.2, 0.25) is 0 Å². The standard InChI is InChI=1S/C24H28FN5O4/c1-14-19(13-27-30-22-17-12-16(25)9-10-18(17)29-24(22)34)28-15(2)21(14)23(33)26-11-7-5-3-4-6-8-20(31)32/h9-10,12-13,28H,3-8,11H2,1-2H3,(H,26,33)(H,31,32)(H,29,30,34)/b27-13+. The maximum atomic E-state index is 13.5. The van der Waals surface area contributed by atoms with Crippen LogP contribution in [0.4, 0.5) is 10.1 Å². The van der Waals surface area contributed by atoms with Crippen molar-refractivity contribution in [1.29, 1.82) is 0 Å². The molecule has 0 fully saturated rings. The number of carboxylic acids is 1. The molecule has 3 rings (SSSR count). The van der Waals surface area contributed by atoms with E-state index in [1.807, 2.05) is 0 Å². The highest BCUT2D eigenvalue weighted by molar-refractivity contribution is 6.53. The van der Waals surface area contributed by atoms with E-state index in [2.05, 4.69) is 25.8 Å². The summed E-state index contributed by atoms with van der Waals surface area (Å²) in [5.41, 5.74) is 3.35. The van der Waals surface area contributed by atoms with Crippen molar-refractivity contribution in [2.75, 3.05) is 11.9 Å². The molecule has 0 unspecified atom stereocenters. The number of anilines is 1. The van der Waals surface area contributed by atoms with Crippen molar-refractivity contribution >= 4 is 35.4 Å². The SMILES string of the molecule is Cc1[nH]c(/C=N/N=C2\C(=O)Nc3ccc(F)cc32)c(C)c1C(=O)NCCCCCCCC(=O)O. The summed E-state index contributed by atoms with van der Waals surface area (Å²) in [6.45, 7) is 4.11. The van der Waals surface area contributed by atoms with Gasteiger partial charge in [-0.05, 0) is 50.5 Å². The smallest absolute Gasteiger partial charge is 0.303 e. The summed E-state index contributed by atoms with van der Waals surface area (Å²) in [6.07, 6.45) is 5.83. The van der Waals surface area contributed by atoms with Crippen molar-refractivity contribution in [2.24, 2.45) is 10.2 Å². The number of carbonyl (C=O) groups excluding carboxylic acids is 2. The third-order valence-electron chi connectivity index (χ3n) is 5.60. The Labute approximate surface area is 196 Å². The first-order chi connectivity index (χ1) is 16.3. The highest BCUT2D eigenvalue weighted by Crippen LogP contribution is 2.24. The predicted molar refractivity (Wildman–Crippen MR) is 127 cm³/mol. The number of nitrogens with zero attached hydrogens (tertiary/aromatic N) is 2. The summed E-state index contributed by atoms with van der Waals surface area (Å²) >= 11 is 0. The number of carboxylic acid groups (broad SMARTS) is 1. The maximum absolute atomic E-state index is 13.5. The molecule has 1 aliphatic rings. The van der Waals surface area contributed by atoms with Crippen LogP contribution >= 0.6 is 0 Å². The monoisotopic (exact) mass is 469 g/mol. The van der Waals surface area contributed by atoms with Crippen LogP contribution in [0, 0.1) is 19.7 Å². The zero-order valence-electron chi connectivity index (χ0n) is 19.2. The number of hydrogen-bond donors (Lipinski definition) is 4. The highest BCUT2D eigenvalue weighted by atomic mass is 19.1. The van der Waals surface area contributed by atoms with Crippen LogP contribution in [0.25, 0.3) is 0 Å². The number of aromatic nitrogens is 1. The van der Waals surface area contributed by atoms with Gasteiger partial charge in [0.05, 0.1) is 23.2 Å². The number of aromatic amines is 1. The van der Waals surface area contributed by atoms with Gasteiger partial charge >= 0.3 is 5.97 Å². The second-order valence-electron chi connectivity index (χ2n) is 8.17. The zero-order valence-corrected chi connectivity index (χ0v) is 19.2. The van der Waals surface area contributed by atoms with Crippen molar-refractivity contribution in [3.8, 4) is 0 Å². The first-order valence-corrected chi connectivity index (χ1v) is 11.2. The molecule has 0 saturated carbocycles. The Balaban J connectivity index is 1.56. The lowest BCUT2D eigenvalue weighted by Crippen LogP contribution is -2.25. The number of amides is 2. The van der Waals surface area contributed by atoms with Crippen molar-refractivity contribution in [3.05, 3.63) is 52.1 Å². The first-order valence-electron chi connectivity index (χ1n) is 11.2. The Kier molecular flexibility index (Phi) is 8.29. The molecule has 1 aliphatic heterocycles. The van der Waals surface area contributed by atoms with Gasteiger partial charge in [0.25, 0.3) is 11.8 Å². The maximum Gasteiger partial charge on any atom is 0.303 e. The van der Waals surface area contributed by atoms with E-state index >= 15 is 0 Å². The minimum Gasteiger partial charge on any atom is -0.481 e. The largest absolute Gasteiger partial charge is 0.481 e. The number of aryl methyl sites for hydroxylation is 1. The van der Waals surface area contributed by atoms with Gasteiger partial charge in [-0.15, -0.1) is 5.10 Å². The lowest BCUT2D eigenvalue weighted by atomic mass is 10.1. The summed E-state index contributed by atoms with van der Waals surface area (Å²) in [4.78, 5) is 38.4. The van der Waals surface area contributed by atoms with Gasteiger partial charge < -0.3 is 20.7 Å². The molecule has 1 aromatic heterocycles. The van der Waals surface area contributed by atoms with E-state index in [-0.39, 0.29) is 18.0 Å². The van der Waals surface area contributed by atoms with Gasteiger partial charge in [-0.2, -0.15) is 5.10 Å². The quantitative estimate of drug-likeness (QED) is 0.227. The van der Waals surface area contributed by atoms with Gasteiger partial charge in [-0.3, -0.25) is 14.4 Å². The third-order valence-corrected chi connectivity index (χ3v) is 5.60. The van der Waals surface area contributed by atoms with E-state index < -0.39 is 17.7 Å². The average molecular weight is 470 g/mol. The Morgan fingerprint density at radius 1 is 1.15 bits per heavy atom. The van der Waals surface area contributed by atoms with E-state index in [1.54, 1.807) is 13.8 Å². The van der Waals surface area contributed by atoms with Crippen molar-refractivity contribution in [2.45, 2.75) is 52.4 Å². The Morgan fingerprint density at radius 3 is 2.65 bits per heavy atom. The number of rotatable bonds is 11. The van der Waals surface area contributed by atoms with Crippen LogP contribution in [0.1, 0.15) is 71.4 Å². The molecular weight excluding hydrogens is 441 g/mol. The van der Waals surface area contributed by atoms with Crippen LogP contribution in [0.3, 0.4) is 0 Å². The molecule has 0 radical (unpaired) electrons. The molecule has 10 heteroatoms. The number of aliphatic carboxylic acids is 1. The highest BCUT2D eigenvalue weighted by Gasteiger charge is 2.26. The van der Waals surface area contributed by atoms with E-state index in [4.69, 9.17) is 5.11 Å². The van der Waals surface area contributed by atoms with Gasteiger partial charge in [0.1, 0.15) is 5.82 Å². The summed E-state index contributed by atoms with van der Waals surface area (Å²) in [5, 5.41) is 22.1. The van der Waals surface area contributed by atoms with Crippen molar-refractivity contribution in [3.63, 3.8) is 0 Å². The molecule has 2 amide bonds. The van der Waals surface area contributed by atoms with E-state index in [0.717, 1.165) is 25.7 Å². The van der Waals surface area contributed by atoms with E-state index in [0.29, 0.717) is 46.7 Å². The second-order valence-corrected chi connectivity index (χ2v) is 8.17. The fourth-order valence-corrected chi connectivity index (χ4v) is 3.83. The molecule has 180 valence electrons. The molecule has 9 nitrogen and oxygen atoms in total. The molecule has 0 spiro atoms. The summed E-state index contributed by atoms with van der Waals surface area (Å²) in [7, 11) is 0. The molecule has 0 bridgehead atoms. The van der Waals surface area contributed by atoms with Gasteiger partial charge in [0.2, 0.25) is 0 Å². The summed E-state index contributed by atoms with van der Waals surface area (Å²) in [5.74, 6) is -1.90. The fourth-order valence-electron chi connectivity index (χ4n) is 3.83. The second kappa shape index (κ2) is 11.4. The van der Waals surface area contributed by atoms with Crippen LogP contribution < -0.4 is 10.6 Å². The molecule has 0 atom stereocenters. The molecule has 2 aromatic rings. The normalized spacial score (nSPS) is 14.0. The fraction of sp³-hybridized carbons (Fsp3) is 0.375. The van der Waals surface area contributed by atoms with E-state index in [9.17, 15) is 18.8 Å². The molecule has 4 N–H and O–H groups in total. The number of unbranched alkanes of at least 4 members (excludes halogenated alkanes) is 4. The molecule has 2 heterocycles. The lowest BCUT2D eigenvalue weighted by Gasteiger charge is -2.06. The number of benzene rings is 1. The number of halogens is 1. The number of fused-ring (bicyclic) bond motifs is 1. The molecule has 0 saturated heterocycles. The minimum atomic E-state index is -0.772. The Morgan fingerprint density at radius 2 is 1.88 bits per heavy atom. The molecule has 34 heavy (non-hydrogen) atoms. The topological polar surface area (TPSA) is 136 Å². The first kappa shape index (κ1) is 24.8. The summed E-state index contributed by atoms with van der Waals surface area (Å²) in [6, 6.07) is 3.95. The molecule has 1 aromatic carbocycles. The van der Waals surface area contributed by atoms with Crippen LogP contribution in [0.15, 0.2) is 28.4 Å². The average Bonchev–Trinajstić information content (AvgIpc) is 3.24. The zero-order chi connectivity index (χ0) is 24.7. The third kappa shape index (κ3) is 6.15. The van der Waals surface area contributed by atoms with Gasteiger partial charge in [0.15, 0.2) is 5.71 Å². The number of hydrogen-bond acceptors (Lipinski definition) is 5. The van der Waals surface area contributed by atoms with Crippen LogP contribution in [0.5, 0.6) is 0 Å². The molecular formula is C24H28FN5O4. The van der Waals surface area contributed by atoms with Crippen molar-refractivity contribution < 1.29 is 23.9 Å². The Bertz CT molecular complexity index is 1150. The predicted octanol–water partition coefficient (Wildman–Crippen LogP) is 3.70. The summed E-state index contributed by atoms with van der Waals surface area (Å²) < 4.78 is 13.5. The minimum absolute atomic E-state index is 0.0209. The van der Waals surface area contributed by atoms with Gasteiger partial charge in [-0.1, -0.05) is 19.3 Å². The van der Waals surface area contributed by atoms with Gasteiger partial charge in [0, 0.05) is 24.2 Å². The van der Waals surface area contributed by atoms with Crippen molar-refractivity contribution in [1.82, 2.24) is 10.3 Å². The molecule has 0 aliphatic carbocycles. The van der Waals surface area contributed by atoms with Gasteiger partial charge in [-0.25, -0.2) is 4.39 Å². The Hall–Kier alpha value is -3.82. The number of H-pyrrole nitrogens is 1. The number of nitrogens with one attached hydrogen (secondary N) is 3.